The van der Waals surface area contributed by atoms with Crippen LogP contribution in [0, 0.1) is 0 Å². The summed E-state index contributed by atoms with van der Waals surface area (Å²) >= 11 is 0. The first-order valence-electron chi connectivity index (χ1n) is 6.92. The maximum atomic E-state index is 12.4. The predicted octanol–water partition coefficient (Wildman–Crippen LogP) is 1.14. The van der Waals surface area contributed by atoms with Crippen molar-refractivity contribution in [2.24, 2.45) is 0 Å². The van der Waals surface area contributed by atoms with Gasteiger partial charge in [0.05, 0.1) is 7.11 Å². The zero-order chi connectivity index (χ0) is 14.1. The molecule has 0 atom stereocenters. The Balaban J connectivity index is 1.66. The van der Waals surface area contributed by atoms with E-state index in [4.69, 9.17) is 4.74 Å². The van der Waals surface area contributed by atoms with Crippen LogP contribution in [0.5, 0.6) is 5.75 Å². The van der Waals surface area contributed by atoms with E-state index < -0.39 is 0 Å². The van der Waals surface area contributed by atoms with E-state index >= 15 is 0 Å². The van der Waals surface area contributed by atoms with Gasteiger partial charge in [-0.1, -0.05) is 0 Å². The molecule has 106 valence electrons. The lowest BCUT2D eigenvalue weighted by Crippen LogP contribution is -2.52. The van der Waals surface area contributed by atoms with Gasteiger partial charge in [0.1, 0.15) is 12.3 Å². The van der Waals surface area contributed by atoms with Gasteiger partial charge >= 0.3 is 0 Å². The molecule has 5 nitrogen and oxygen atoms in total. The van der Waals surface area contributed by atoms with E-state index in [9.17, 15) is 9.59 Å². The first kappa shape index (κ1) is 13.0. The third-order valence-corrected chi connectivity index (χ3v) is 3.87. The Hall–Kier alpha value is -2.04. The molecule has 0 spiro atoms. The number of ether oxygens (including phenoxy) is 1. The van der Waals surface area contributed by atoms with Gasteiger partial charge in [-0.15, -0.1) is 0 Å². The van der Waals surface area contributed by atoms with Crippen LogP contribution in [0.15, 0.2) is 24.3 Å². The molecule has 0 unspecified atom stereocenters. The number of amides is 2. The molecule has 0 aromatic heterocycles. The van der Waals surface area contributed by atoms with Gasteiger partial charge in [0.15, 0.2) is 0 Å². The molecular weight excluding hydrogens is 256 g/mol. The van der Waals surface area contributed by atoms with Gasteiger partial charge < -0.3 is 14.5 Å². The minimum atomic E-state index is -0.0866. The fourth-order valence-electron chi connectivity index (χ4n) is 2.55. The maximum absolute atomic E-state index is 12.4. The first-order chi connectivity index (χ1) is 9.69. The summed E-state index contributed by atoms with van der Waals surface area (Å²) in [7, 11) is 1.59. The lowest BCUT2D eigenvalue weighted by Gasteiger charge is -2.34. The van der Waals surface area contributed by atoms with Crippen LogP contribution in [0.1, 0.15) is 23.2 Å². The quantitative estimate of drug-likeness (QED) is 0.830. The largest absolute Gasteiger partial charge is 0.497 e. The number of methoxy groups -OCH3 is 1. The number of piperazine rings is 1. The van der Waals surface area contributed by atoms with E-state index in [0.717, 1.165) is 18.6 Å². The zero-order valence-corrected chi connectivity index (χ0v) is 11.5. The van der Waals surface area contributed by atoms with Crippen molar-refractivity contribution in [3.63, 3.8) is 0 Å². The summed E-state index contributed by atoms with van der Waals surface area (Å²) in [4.78, 5) is 27.9. The fraction of sp³-hybridized carbons (Fsp3) is 0.467. The van der Waals surface area contributed by atoms with Crippen LogP contribution in [0.25, 0.3) is 0 Å². The molecule has 0 radical (unpaired) electrons. The van der Waals surface area contributed by atoms with Gasteiger partial charge in [-0.2, -0.15) is 0 Å². The summed E-state index contributed by atoms with van der Waals surface area (Å²) in [5, 5.41) is 0. The summed E-state index contributed by atoms with van der Waals surface area (Å²) in [5.74, 6) is 0.702. The van der Waals surface area contributed by atoms with Gasteiger partial charge in [-0.3, -0.25) is 9.59 Å². The molecule has 3 rings (SSSR count). The normalized spacial score (nSPS) is 19.1. The second-order valence-corrected chi connectivity index (χ2v) is 5.27. The molecule has 1 saturated heterocycles. The molecule has 1 aromatic rings. The maximum Gasteiger partial charge on any atom is 0.254 e. The Morgan fingerprint density at radius 3 is 2.45 bits per heavy atom. The molecule has 2 fully saturated rings. The highest BCUT2D eigenvalue weighted by atomic mass is 16.5. The van der Waals surface area contributed by atoms with Gasteiger partial charge in [0.2, 0.25) is 5.91 Å². The van der Waals surface area contributed by atoms with E-state index in [1.54, 1.807) is 36.3 Å². The van der Waals surface area contributed by atoms with Gasteiger partial charge in [0.25, 0.3) is 5.91 Å². The Kier molecular flexibility index (Phi) is 3.34. The van der Waals surface area contributed by atoms with E-state index in [1.165, 1.54) is 0 Å². The first-order valence-corrected chi connectivity index (χ1v) is 6.92. The molecule has 1 aromatic carbocycles. The molecule has 2 amide bonds. The number of hydrogen-bond donors (Lipinski definition) is 0. The van der Waals surface area contributed by atoms with Crippen LogP contribution < -0.4 is 4.74 Å². The second kappa shape index (κ2) is 5.15. The van der Waals surface area contributed by atoms with Crippen molar-refractivity contribution in [1.29, 1.82) is 0 Å². The highest BCUT2D eigenvalue weighted by Crippen LogP contribution is 2.28. The number of nitrogens with zero attached hydrogens (tertiary/aromatic N) is 2. The van der Waals surface area contributed by atoms with Gasteiger partial charge in [-0.05, 0) is 37.1 Å². The number of carbonyl (C=O) groups excluding carboxylic acids is 2. The van der Waals surface area contributed by atoms with E-state index in [1.807, 2.05) is 4.90 Å². The van der Waals surface area contributed by atoms with Crippen LogP contribution in [-0.2, 0) is 4.79 Å². The summed E-state index contributed by atoms with van der Waals surface area (Å²) in [5.41, 5.74) is 0.596. The highest BCUT2D eigenvalue weighted by Gasteiger charge is 2.36. The lowest BCUT2D eigenvalue weighted by molar-refractivity contribution is -0.135. The average molecular weight is 274 g/mol. The van der Waals surface area contributed by atoms with Crippen molar-refractivity contribution >= 4 is 11.8 Å². The topological polar surface area (TPSA) is 49.9 Å². The Morgan fingerprint density at radius 1 is 1.20 bits per heavy atom. The molecule has 1 aliphatic heterocycles. The SMILES string of the molecule is COc1ccc(C(=O)N2CCN(C3CC3)C(=O)C2)cc1. The number of hydrogen-bond acceptors (Lipinski definition) is 3. The molecule has 5 heteroatoms. The Morgan fingerprint density at radius 2 is 1.90 bits per heavy atom. The molecule has 0 N–H and O–H groups in total. The Bertz CT molecular complexity index is 522. The minimum Gasteiger partial charge on any atom is -0.497 e. The van der Waals surface area contributed by atoms with Crippen molar-refractivity contribution in [2.75, 3.05) is 26.7 Å². The predicted molar refractivity (Wildman–Crippen MR) is 73.6 cm³/mol. The van der Waals surface area contributed by atoms with Crippen molar-refractivity contribution in [3.05, 3.63) is 29.8 Å². The molecule has 1 saturated carbocycles. The summed E-state index contributed by atoms with van der Waals surface area (Å²) < 4.78 is 5.07. The van der Waals surface area contributed by atoms with Gasteiger partial charge in [0, 0.05) is 24.7 Å². The van der Waals surface area contributed by atoms with E-state index in [2.05, 4.69) is 0 Å². The average Bonchev–Trinajstić information content (AvgIpc) is 3.31. The molecule has 20 heavy (non-hydrogen) atoms. The van der Waals surface area contributed by atoms with Gasteiger partial charge in [-0.25, -0.2) is 0 Å². The van der Waals surface area contributed by atoms with E-state index in [-0.39, 0.29) is 18.4 Å². The standard InChI is InChI=1S/C15H18N2O3/c1-20-13-6-2-11(3-7-13)15(19)16-8-9-17(12-4-5-12)14(18)10-16/h2-3,6-7,12H,4-5,8-10H2,1H3. The molecular formula is C15H18N2O3. The third kappa shape index (κ3) is 2.48. The number of carbonyl (C=O) groups is 2. The molecule has 0 bridgehead atoms. The summed E-state index contributed by atoms with van der Waals surface area (Å²) in [6, 6.07) is 7.42. The molecule has 1 heterocycles. The molecule has 1 aliphatic carbocycles. The number of rotatable bonds is 3. The van der Waals surface area contributed by atoms with E-state index in [0.29, 0.717) is 24.7 Å². The Labute approximate surface area is 118 Å². The van der Waals surface area contributed by atoms with Crippen LogP contribution in [-0.4, -0.2) is 54.4 Å². The second-order valence-electron chi connectivity index (χ2n) is 5.27. The monoisotopic (exact) mass is 274 g/mol. The zero-order valence-electron chi connectivity index (χ0n) is 11.5. The van der Waals surface area contributed by atoms with Crippen LogP contribution in [0.2, 0.25) is 0 Å². The third-order valence-electron chi connectivity index (χ3n) is 3.87. The minimum absolute atomic E-state index is 0.0700. The van der Waals surface area contributed by atoms with Crippen LogP contribution >= 0.6 is 0 Å². The van der Waals surface area contributed by atoms with Crippen LogP contribution in [0.3, 0.4) is 0 Å². The van der Waals surface area contributed by atoms with Crippen molar-refractivity contribution < 1.29 is 14.3 Å². The molecule has 2 aliphatic rings. The summed E-state index contributed by atoms with van der Waals surface area (Å²) in [6.07, 6.45) is 2.22. The lowest BCUT2D eigenvalue weighted by atomic mass is 10.1. The van der Waals surface area contributed by atoms with Crippen LogP contribution in [0.4, 0.5) is 0 Å². The summed E-state index contributed by atoms with van der Waals surface area (Å²) in [6.45, 7) is 1.47. The highest BCUT2D eigenvalue weighted by molar-refractivity contribution is 5.97. The van der Waals surface area contributed by atoms with Crippen molar-refractivity contribution in [3.8, 4) is 5.75 Å². The fourth-order valence-corrected chi connectivity index (χ4v) is 2.55. The van der Waals surface area contributed by atoms with Crippen molar-refractivity contribution in [2.45, 2.75) is 18.9 Å². The van der Waals surface area contributed by atoms with Crippen molar-refractivity contribution in [1.82, 2.24) is 9.80 Å². The number of benzene rings is 1. The smallest absolute Gasteiger partial charge is 0.254 e.